The van der Waals surface area contributed by atoms with Gasteiger partial charge in [-0.05, 0) is 66.6 Å². The number of hydrogen-bond donors (Lipinski definition) is 1. The number of nitrogens with one attached hydrogen (secondary N) is 1. The fraction of sp³-hybridized carbons (Fsp3) is 0.321. The smallest absolute Gasteiger partial charge is 0.331 e. The van der Waals surface area contributed by atoms with Crippen LogP contribution in [0, 0.1) is 5.82 Å². The van der Waals surface area contributed by atoms with E-state index in [1.165, 1.54) is 19.2 Å². The van der Waals surface area contributed by atoms with Crippen LogP contribution >= 0.6 is 0 Å². The maximum Gasteiger partial charge on any atom is 0.331 e. The molecular weight excluding hydrogens is 489 g/mol. The predicted molar refractivity (Wildman–Crippen MR) is 144 cm³/mol. The van der Waals surface area contributed by atoms with Crippen LogP contribution in [0.5, 0.6) is 5.75 Å². The molecule has 0 saturated carbocycles. The Morgan fingerprint density at radius 1 is 1.00 bits per heavy atom. The number of amides is 1. The first-order chi connectivity index (χ1) is 18.4. The van der Waals surface area contributed by atoms with Crippen molar-refractivity contribution in [3.63, 3.8) is 0 Å². The molecule has 3 heterocycles. The van der Waals surface area contributed by atoms with Gasteiger partial charge in [0.25, 0.3) is 11.5 Å². The molecule has 198 valence electrons. The largest absolute Gasteiger partial charge is 0.484 e. The molecule has 38 heavy (non-hydrogen) atoms. The number of fused-ring (bicyclic) bond motifs is 1. The van der Waals surface area contributed by atoms with E-state index in [1.54, 1.807) is 33.7 Å². The Morgan fingerprint density at radius 2 is 1.68 bits per heavy atom. The van der Waals surface area contributed by atoms with Gasteiger partial charge in [0.05, 0.1) is 5.52 Å². The molecule has 2 aromatic heterocycles. The Labute approximate surface area is 218 Å². The number of piperazine rings is 1. The standard InChI is InChI=1S/C28H30FN5O4/c1-3-12-34-24-17-23(30-26(24)27(36)31(2)28(34)37)19-4-10-22(11-5-19)38-18-25(35)33-15-13-32(14-16-33)21-8-6-20(29)7-9-21/h4-11,17,30H,3,12-16,18H2,1-2H3. The molecule has 0 unspecified atom stereocenters. The molecule has 0 atom stereocenters. The van der Waals surface area contributed by atoms with Crippen molar-refractivity contribution in [3.05, 3.63) is 81.3 Å². The highest BCUT2D eigenvalue weighted by molar-refractivity contribution is 5.82. The second-order valence-corrected chi connectivity index (χ2v) is 9.40. The number of nitrogens with zero attached hydrogens (tertiary/aromatic N) is 4. The van der Waals surface area contributed by atoms with Gasteiger partial charge in [0, 0.05) is 51.2 Å². The Kier molecular flexibility index (Phi) is 7.04. The van der Waals surface area contributed by atoms with E-state index in [0.29, 0.717) is 55.2 Å². The first kappa shape index (κ1) is 25.3. The highest BCUT2D eigenvalue weighted by Crippen LogP contribution is 2.25. The van der Waals surface area contributed by atoms with E-state index in [9.17, 15) is 18.8 Å². The van der Waals surface area contributed by atoms with Crippen LogP contribution in [0.4, 0.5) is 10.1 Å². The van der Waals surface area contributed by atoms with Gasteiger partial charge in [-0.3, -0.25) is 18.7 Å². The summed E-state index contributed by atoms with van der Waals surface area (Å²) in [6.07, 6.45) is 0.766. The molecule has 1 amide bonds. The highest BCUT2D eigenvalue weighted by Gasteiger charge is 2.22. The van der Waals surface area contributed by atoms with Gasteiger partial charge < -0.3 is 19.5 Å². The molecule has 10 heteroatoms. The summed E-state index contributed by atoms with van der Waals surface area (Å²) in [6.45, 7) is 4.92. The summed E-state index contributed by atoms with van der Waals surface area (Å²) in [6, 6.07) is 15.4. The second-order valence-electron chi connectivity index (χ2n) is 9.40. The van der Waals surface area contributed by atoms with Gasteiger partial charge in [-0.2, -0.15) is 0 Å². The van der Waals surface area contributed by atoms with Gasteiger partial charge in [-0.1, -0.05) is 6.92 Å². The minimum absolute atomic E-state index is 0.0678. The number of aromatic nitrogens is 3. The number of halogens is 1. The summed E-state index contributed by atoms with van der Waals surface area (Å²) in [7, 11) is 1.48. The summed E-state index contributed by atoms with van der Waals surface area (Å²) in [5, 5.41) is 0. The summed E-state index contributed by atoms with van der Waals surface area (Å²) in [5.74, 6) is 0.202. The van der Waals surface area contributed by atoms with E-state index in [-0.39, 0.29) is 29.6 Å². The second kappa shape index (κ2) is 10.6. The average Bonchev–Trinajstić information content (AvgIpc) is 3.39. The van der Waals surface area contributed by atoms with Crippen molar-refractivity contribution in [1.82, 2.24) is 19.0 Å². The fourth-order valence-electron chi connectivity index (χ4n) is 4.79. The molecule has 1 fully saturated rings. The third-order valence-corrected chi connectivity index (χ3v) is 6.92. The van der Waals surface area contributed by atoms with Gasteiger partial charge >= 0.3 is 5.69 Å². The van der Waals surface area contributed by atoms with Gasteiger partial charge in [0.15, 0.2) is 6.61 Å². The van der Waals surface area contributed by atoms with Gasteiger partial charge in [0.2, 0.25) is 0 Å². The molecule has 1 aliphatic rings. The van der Waals surface area contributed by atoms with Gasteiger partial charge in [0.1, 0.15) is 17.1 Å². The molecule has 0 radical (unpaired) electrons. The van der Waals surface area contributed by atoms with Crippen molar-refractivity contribution in [2.24, 2.45) is 7.05 Å². The maximum atomic E-state index is 13.2. The number of hydrogen-bond acceptors (Lipinski definition) is 5. The molecule has 5 rings (SSSR count). The Balaban J connectivity index is 1.21. The minimum Gasteiger partial charge on any atom is -0.484 e. The molecule has 2 aromatic carbocycles. The number of carbonyl (C=O) groups is 1. The van der Waals surface area contributed by atoms with Gasteiger partial charge in [-0.15, -0.1) is 0 Å². The SMILES string of the molecule is CCCn1c(=O)n(C)c(=O)c2[nH]c(-c3ccc(OCC(=O)N4CCN(c5ccc(F)cc5)CC4)cc3)cc21. The monoisotopic (exact) mass is 519 g/mol. The van der Waals surface area contributed by atoms with E-state index in [4.69, 9.17) is 4.74 Å². The number of anilines is 1. The summed E-state index contributed by atoms with van der Waals surface area (Å²) >= 11 is 0. The Morgan fingerprint density at radius 3 is 2.34 bits per heavy atom. The number of rotatable bonds is 7. The highest BCUT2D eigenvalue weighted by atomic mass is 19.1. The zero-order valence-electron chi connectivity index (χ0n) is 21.4. The van der Waals surface area contributed by atoms with Crippen LogP contribution in [0.2, 0.25) is 0 Å². The number of aromatic amines is 1. The number of carbonyl (C=O) groups excluding carboxylic acids is 1. The third kappa shape index (κ3) is 4.93. The molecule has 0 aliphatic carbocycles. The molecule has 0 bridgehead atoms. The first-order valence-corrected chi connectivity index (χ1v) is 12.7. The maximum absolute atomic E-state index is 13.2. The molecule has 1 aliphatic heterocycles. The van der Waals surface area contributed by atoms with Crippen LogP contribution in [-0.2, 0) is 18.4 Å². The van der Waals surface area contributed by atoms with E-state index in [1.807, 2.05) is 25.1 Å². The lowest BCUT2D eigenvalue weighted by atomic mass is 10.1. The molecule has 0 spiro atoms. The van der Waals surface area contributed by atoms with E-state index < -0.39 is 0 Å². The lowest BCUT2D eigenvalue weighted by Crippen LogP contribution is -2.50. The van der Waals surface area contributed by atoms with Crippen molar-refractivity contribution >= 4 is 22.6 Å². The predicted octanol–water partition coefficient (Wildman–Crippen LogP) is 2.97. The molecular formula is C28H30FN5O4. The Hall–Kier alpha value is -4.34. The summed E-state index contributed by atoms with van der Waals surface area (Å²) in [4.78, 5) is 44.9. The summed E-state index contributed by atoms with van der Waals surface area (Å²) < 4.78 is 21.6. The average molecular weight is 520 g/mol. The van der Waals surface area contributed by atoms with Crippen molar-refractivity contribution in [1.29, 1.82) is 0 Å². The minimum atomic E-state index is -0.361. The fourth-order valence-corrected chi connectivity index (χ4v) is 4.79. The number of ether oxygens (including phenoxy) is 1. The zero-order valence-corrected chi connectivity index (χ0v) is 21.4. The lowest BCUT2D eigenvalue weighted by Gasteiger charge is -2.36. The quantitative estimate of drug-likeness (QED) is 0.405. The van der Waals surface area contributed by atoms with E-state index in [0.717, 1.165) is 22.2 Å². The lowest BCUT2D eigenvalue weighted by molar-refractivity contribution is -0.133. The molecule has 4 aromatic rings. The summed E-state index contributed by atoms with van der Waals surface area (Å²) in [5.41, 5.74) is 2.77. The van der Waals surface area contributed by atoms with Crippen LogP contribution in [-0.4, -0.2) is 57.7 Å². The van der Waals surface area contributed by atoms with Gasteiger partial charge in [-0.25, -0.2) is 9.18 Å². The normalized spacial score (nSPS) is 13.8. The number of H-pyrrole nitrogens is 1. The molecule has 1 saturated heterocycles. The molecule has 9 nitrogen and oxygen atoms in total. The number of aryl methyl sites for hydroxylation is 1. The van der Waals surface area contributed by atoms with Crippen molar-refractivity contribution < 1.29 is 13.9 Å². The van der Waals surface area contributed by atoms with Crippen molar-refractivity contribution in [3.8, 4) is 17.0 Å². The first-order valence-electron chi connectivity index (χ1n) is 12.7. The van der Waals surface area contributed by atoms with Crippen LogP contribution < -0.4 is 20.9 Å². The molecule has 1 N–H and O–H groups in total. The van der Waals surface area contributed by atoms with Crippen LogP contribution in [0.1, 0.15) is 13.3 Å². The van der Waals surface area contributed by atoms with Crippen LogP contribution in [0.25, 0.3) is 22.3 Å². The number of benzene rings is 2. The van der Waals surface area contributed by atoms with Crippen molar-refractivity contribution in [2.75, 3.05) is 37.7 Å². The van der Waals surface area contributed by atoms with E-state index >= 15 is 0 Å². The van der Waals surface area contributed by atoms with Crippen LogP contribution in [0.3, 0.4) is 0 Å². The Bertz CT molecular complexity index is 1560. The van der Waals surface area contributed by atoms with E-state index in [2.05, 4.69) is 9.88 Å². The zero-order chi connectivity index (χ0) is 26.8. The van der Waals surface area contributed by atoms with Crippen LogP contribution in [0.15, 0.2) is 64.2 Å². The van der Waals surface area contributed by atoms with Crippen molar-refractivity contribution in [2.45, 2.75) is 19.9 Å². The topological polar surface area (TPSA) is 92.6 Å². The third-order valence-electron chi connectivity index (χ3n) is 6.92.